The Hall–Kier alpha value is -1.92. The van der Waals surface area contributed by atoms with Crippen molar-refractivity contribution >= 4 is 11.5 Å². The zero-order valence-electron chi connectivity index (χ0n) is 11.0. The first-order chi connectivity index (χ1) is 8.45. The lowest BCUT2D eigenvalue weighted by atomic mass is 10.1. The molecule has 1 heterocycles. The summed E-state index contributed by atoms with van der Waals surface area (Å²) in [5.74, 6) is 0.610. The van der Waals surface area contributed by atoms with E-state index in [9.17, 15) is 10.1 Å². The maximum atomic E-state index is 11.0. The maximum Gasteiger partial charge on any atom is 0.372 e. The average Bonchev–Trinajstić information content (AvgIpc) is 2.26. The van der Waals surface area contributed by atoms with Gasteiger partial charge in [-0.05, 0) is 19.3 Å². The van der Waals surface area contributed by atoms with Crippen LogP contribution in [0.25, 0.3) is 0 Å². The minimum atomic E-state index is -0.538. The number of anilines is 1. The van der Waals surface area contributed by atoms with Crippen LogP contribution >= 0.6 is 0 Å². The van der Waals surface area contributed by atoms with Gasteiger partial charge in [0.05, 0.1) is 11.0 Å². The van der Waals surface area contributed by atoms with Gasteiger partial charge in [0.15, 0.2) is 0 Å². The van der Waals surface area contributed by atoms with Crippen LogP contribution in [-0.2, 0) is 0 Å². The Kier molecular flexibility index (Phi) is 4.82. The van der Waals surface area contributed by atoms with Crippen LogP contribution in [0.1, 0.15) is 27.2 Å². The predicted molar refractivity (Wildman–Crippen MR) is 67.8 cm³/mol. The van der Waals surface area contributed by atoms with Crippen molar-refractivity contribution < 1.29 is 9.66 Å². The molecule has 0 aliphatic carbocycles. The largest absolute Gasteiger partial charge is 0.470 e. The monoisotopic (exact) mass is 254 g/mol. The minimum Gasteiger partial charge on any atom is -0.470 e. The number of hydrogen-bond acceptors (Lipinski definition) is 6. The summed E-state index contributed by atoms with van der Waals surface area (Å²) in [4.78, 5) is 18.1. The summed E-state index contributed by atoms with van der Waals surface area (Å²) in [5.41, 5.74) is -0.226. The maximum absolute atomic E-state index is 11.0. The number of ether oxygens (including phenoxy) is 1. The highest BCUT2D eigenvalue weighted by Crippen LogP contribution is 2.31. The van der Waals surface area contributed by atoms with Crippen LogP contribution in [-0.4, -0.2) is 28.0 Å². The van der Waals surface area contributed by atoms with Crippen molar-refractivity contribution in [2.45, 2.75) is 33.3 Å². The molecule has 0 bridgehead atoms. The fourth-order valence-corrected chi connectivity index (χ4v) is 1.70. The van der Waals surface area contributed by atoms with Crippen LogP contribution in [0.2, 0.25) is 0 Å². The van der Waals surface area contributed by atoms with Crippen LogP contribution in [0.3, 0.4) is 0 Å². The molecule has 7 nitrogen and oxygen atoms in total. The van der Waals surface area contributed by atoms with Crippen LogP contribution in [0.5, 0.6) is 5.88 Å². The summed E-state index contributed by atoms with van der Waals surface area (Å²) in [5, 5.41) is 13.7. The van der Waals surface area contributed by atoms with Gasteiger partial charge in [0.2, 0.25) is 5.82 Å². The van der Waals surface area contributed by atoms with E-state index in [4.69, 9.17) is 4.74 Å². The van der Waals surface area contributed by atoms with Gasteiger partial charge < -0.3 is 10.1 Å². The van der Waals surface area contributed by atoms with Gasteiger partial charge in [-0.3, -0.25) is 10.1 Å². The van der Waals surface area contributed by atoms with Gasteiger partial charge in [-0.2, -0.15) is 4.98 Å². The molecule has 1 N–H and O–H groups in total. The summed E-state index contributed by atoms with van der Waals surface area (Å²) in [6.45, 7) is 5.99. The molecule has 0 saturated heterocycles. The van der Waals surface area contributed by atoms with E-state index >= 15 is 0 Å². The standard InChI is InChI=1S/C11H18N4O3/c1-7(2)5-8(3)18-11-9(15(16)17)10(12-4)13-6-14-11/h6-8H,5H2,1-4H3,(H,12,13,14). The second-order valence-corrected chi connectivity index (χ2v) is 4.44. The lowest BCUT2D eigenvalue weighted by Crippen LogP contribution is -2.16. The molecule has 0 aliphatic rings. The Morgan fingerprint density at radius 3 is 2.61 bits per heavy atom. The van der Waals surface area contributed by atoms with Crippen molar-refractivity contribution in [3.63, 3.8) is 0 Å². The lowest BCUT2D eigenvalue weighted by Gasteiger charge is -2.15. The normalized spacial score (nSPS) is 12.3. The topological polar surface area (TPSA) is 90.2 Å². The number of hydrogen-bond donors (Lipinski definition) is 1. The number of nitrogens with one attached hydrogen (secondary N) is 1. The lowest BCUT2D eigenvalue weighted by molar-refractivity contribution is -0.385. The van der Waals surface area contributed by atoms with Gasteiger partial charge in [-0.1, -0.05) is 13.8 Å². The van der Waals surface area contributed by atoms with E-state index in [2.05, 4.69) is 29.1 Å². The quantitative estimate of drug-likeness (QED) is 0.618. The SMILES string of the molecule is CNc1ncnc(OC(C)CC(C)C)c1[N+](=O)[O-]. The van der Waals surface area contributed by atoms with Crippen molar-refractivity contribution in [3.8, 4) is 5.88 Å². The van der Waals surface area contributed by atoms with E-state index in [1.165, 1.54) is 6.33 Å². The van der Waals surface area contributed by atoms with Gasteiger partial charge in [-0.25, -0.2) is 4.98 Å². The summed E-state index contributed by atoms with van der Waals surface area (Å²) in [7, 11) is 1.57. The zero-order chi connectivity index (χ0) is 13.7. The molecule has 0 saturated carbocycles. The molecule has 0 aromatic carbocycles. The highest BCUT2D eigenvalue weighted by atomic mass is 16.6. The number of rotatable bonds is 6. The molecule has 0 radical (unpaired) electrons. The smallest absolute Gasteiger partial charge is 0.372 e. The van der Waals surface area contributed by atoms with Crippen molar-refractivity contribution in [3.05, 3.63) is 16.4 Å². The number of nitrogens with zero attached hydrogens (tertiary/aromatic N) is 3. The third-order valence-corrected chi connectivity index (χ3v) is 2.32. The fourth-order valence-electron chi connectivity index (χ4n) is 1.70. The Morgan fingerprint density at radius 2 is 2.11 bits per heavy atom. The van der Waals surface area contributed by atoms with E-state index in [0.717, 1.165) is 6.42 Å². The summed E-state index contributed by atoms with van der Waals surface area (Å²) < 4.78 is 5.53. The molecular weight excluding hydrogens is 236 g/mol. The summed E-state index contributed by atoms with van der Waals surface area (Å²) >= 11 is 0. The summed E-state index contributed by atoms with van der Waals surface area (Å²) in [6.07, 6.45) is 1.91. The molecule has 18 heavy (non-hydrogen) atoms. The second-order valence-electron chi connectivity index (χ2n) is 4.44. The van der Waals surface area contributed by atoms with Gasteiger partial charge in [0.25, 0.3) is 5.88 Å². The van der Waals surface area contributed by atoms with Crippen LogP contribution < -0.4 is 10.1 Å². The van der Waals surface area contributed by atoms with E-state index in [-0.39, 0.29) is 23.5 Å². The molecule has 1 aromatic heterocycles. The molecule has 0 amide bonds. The first kappa shape index (κ1) is 14.1. The van der Waals surface area contributed by atoms with Crippen LogP contribution in [0.15, 0.2) is 6.33 Å². The molecule has 1 aromatic rings. The van der Waals surface area contributed by atoms with E-state index in [0.29, 0.717) is 5.92 Å². The molecule has 7 heteroatoms. The van der Waals surface area contributed by atoms with E-state index < -0.39 is 4.92 Å². The Bertz CT molecular complexity index is 423. The van der Waals surface area contributed by atoms with E-state index in [1.807, 2.05) is 6.92 Å². The zero-order valence-corrected chi connectivity index (χ0v) is 11.0. The number of nitro groups is 1. The number of aromatic nitrogens is 2. The first-order valence-corrected chi connectivity index (χ1v) is 5.79. The van der Waals surface area contributed by atoms with Crippen molar-refractivity contribution in [1.29, 1.82) is 0 Å². The van der Waals surface area contributed by atoms with Crippen molar-refractivity contribution in [2.24, 2.45) is 5.92 Å². The van der Waals surface area contributed by atoms with Crippen molar-refractivity contribution in [1.82, 2.24) is 9.97 Å². The highest BCUT2D eigenvalue weighted by molar-refractivity contribution is 5.60. The summed E-state index contributed by atoms with van der Waals surface area (Å²) in [6, 6.07) is 0. The molecule has 0 spiro atoms. The molecule has 1 unspecified atom stereocenters. The van der Waals surface area contributed by atoms with Gasteiger partial charge in [-0.15, -0.1) is 0 Å². The molecule has 0 aliphatic heterocycles. The van der Waals surface area contributed by atoms with Gasteiger partial charge in [0.1, 0.15) is 6.33 Å². The molecule has 0 fully saturated rings. The van der Waals surface area contributed by atoms with Crippen LogP contribution in [0, 0.1) is 16.0 Å². The van der Waals surface area contributed by atoms with Crippen molar-refractivity contribution in [2.75, 3.05) is 12.4 Å². The third kappa shape index (κ3) is 3.54. The Balaban J connectivity index is 2.98. The molecule has 100 valence electrons. The van der Waals surface area contributed by atoms with Gasteiger partial charge >= 0.3 is 5.69 Å². The predicted octanol–water partition coefficient (Wildman–Crippen LogP) is 2.24. The molecule has 1 atom stereocenters. The minimum absolute atomic E-state index is 0.00694. The molecule has 1 rings (SSSR count). The highest BCUT2D eigenvalue weighted by Gasteiger charge is 2.25. The fraction of sp³-hybridized carbons (Fsp3) is 0.636. The third-order valence-electron chi connectivity index (χ3n) is 2.32. The van der Waals surface area contributed by atoms with Gasteiger partial charge in [0, 0.05) is 7.05 Å². The molecular formula is C11H18N4O3. The van der Waals surface area contributed by atoms with Crippen LogP contribution in [0.4, 0.5) is 11.5 Å². The average molecular weight is 254 g/mol. The van der Waals surface area contributed by atoms with E-state index in [1.54, 1.807) is 7.05 Å². The second kappa shape index (κ2) is 6.13. The Morgan fingerprint density at radius 1 is 1.44 bits per heavy atom. The first-order valence-electron chi connectivity index (χ1n) is 5.79. The Labute approximate surface area is 106 Å².